The number of halogens is 1. The predicted molar refractivity (Wildman–Crippen MR) is 9.63 cm³/mol. The molecule has 0 rings (SSSR count). The van der Waals surface area contributed by atoms with Crippen molar-refractivity contribution in [2.24, 2.45) is 0 Å². The minimum atomic E-state index is -4.45. The van der Waals surface area contributed by atoms with E-state index in [0.717, 1.165) is 0 Å². The first-order valence-corrected chi connectivity index (χ1v) is 3.16. The van der Waals surface area contributed by atoms with E-state index < -0.39 is 18.9 Å². The fourth-order valence-electron chi connectivity index (χ4n) is 0. The Morgan fingerprint density at radius 2 is 1.40 bits per heavy atom. The summed E-state index contributed by atoms with van der Waals surface area (Å²) in [6, 6.07) is 0. The van der Waals surface area contributed by atoms with Crippen LogP contribution >= 0.6 is 0 Å². The molecule has 0 saturated carbocycles. The molecule has 2 nitrogen and oxygen atoms in total. The molecule has 0 bridgehead atoms. The van der Waals surface area contributed by atoms with Gasteiger partial charge < -0.3 is 0 Å². The molecule has 0 aliphatic carbocycles. The third-order valence-corrected chi connectivity index (χ3v) is 0. The van der Waals surface area contributed by atoms with Gasteiger partial charge in [0.2, 0.25) is 0 Å². The summed E-state index contributed by atoms with van der Waals surface area (Å²) in [6.45, 7) is 0. The molecule has 26 valence electrons. The monoisotopic (exact) mass is 184 g/mol. The van der Waals surface area contributed by atoms with Gasteiger partial charge in [-0.15, -0.1) is 0 Å². The van der Waals surface area contributed by atoms with Crippen LogP contribution in [0.3, 0.4) is 0 Å². The molecular weight excluding hydrogens is 183 g/mol. The van der Waals surface area contributed by atoms with E-state index in [9.17, 15) is 3.02 Å². The van der Waals surface area contributed by atoms with Crippen LogP contribution in [-0.4, -0.2) is 51.4 Å². The molecule has 0 radical (unpaired) electrons. The van der Waals surface area contributed by atoms with Crippen molar-refractivity contribution >= 4 is 51.4 Å². The summed E-state index contributed by atoms with van der Waals surface area (Å²) in [4.78, 5) is 0. The van der Waals surface area contributed by atoms with E-state index in [4.69, 9.17) is 6.50 Å². The van der Waals surface area contributed by atoms with Crippen molar-refractivity contribution in [3.63, 3.8) is 0 Å². The van der Waals surface area contributed by atoms with E-state index in [-0.39, 0.29) is 51.4 Å². The van der Waals surface area contributed by atoms with Crippen molar-refractivity contribution in [3.8, 4) is 0 Å². The maximum absolute atomic E-state index is 10.1. The fraction of sp³-hybridized carbons (Fsp3) is 0. The van der Waals surface area contributed by atoms with Gasteiger partial charge in [-0.1, -0.05) is 0 Å². The minimum absolute atomic E-state index is 0. The molecule has 0 amide bonds. The summed E-state index contributed by atoms with van der Waals surface area (Å²) in [6.07, 6.45) is 0. The van der Waals surface area contributed by atoms with Crippen LogP contribution in [0.15, 0.2) is 0 Å². The van der Waals surface area contributed by atoms with Gasteiger partial charge in [0.15, 0.2) is 0 Å². The Kier molecular flexibility index (Phi) is 11.8. The zero-order chi connectivity index (χ0) is 3.58. The maximum atomic E-state index is 10.1. The van der Waals surface area contributed by atoms with Gasteiger partial charge in [0, 0.05) is 0 Å². The van der Waals surface area contributed by atoms with Crippen LogP contribution < -0.4 is 0 Å². The van der Waals surface area contributed by atoms with Gasteiger partial charge in [0.05, 0.1) is 0 Å². The van der Waals surface area contributed by atoms with Gasteiger partial charge in [-0.25, -0.2) is 0 Å². The molecule has 0 aromatic heterocycles. The molecule has 0 heterocycles. The Morgan fingerprint density at radius 1 is 1.40 bits per heavy atom. The SMILES string of the molecule is [KH].[O]=[Nb](=[O])[F]. The predicted octanol–water partition coefficient (Wildman–Crippen LogP) is -0.468. The van der Waals surface area contributed by atoms with Crippen LogP contribution in [0.1, 0.15) is 0 Å². The average molecular weight is 184 g/mol. The van der Waals surface area contributed by atoms with Gasteiger partial charge in [-0.3, -0.25) is 0 Å². The van der Waals surface area contributed by atoms with Crippen molar-refractivity contribution in [2.45, 2.75) is 0 Å². The molecular formula is HFKNbO2. The Labute approximate surface area is 78.0 Å². The van der Waals surface area contributed by atoms with Gasteiger partial charge in [0.25, 0.3) is 0 Å². The first kappa shape index (κ1) is 10.0. The van der Waals surface area contributed by atoms with Crippen LogP contribution in [0.5, 0.6) is 0 Å². The zero-order valence-electron chi connectivity index (χ0n) is 1.64. The summed E-state index contributed by atoms with van der Waals surface area (Å²) in [7, 11) is 0. The number of hydrogen-bond donors (Lipinski definition) is 0. The van der Waals surface area contributed by atoms with Gasteiger partial charge >= 0.3 is 79.8 Å². The Morgan fingerprint density at radius 3 is 1.40 bits per heavy atom. The molecule has 0 spiro atoms. The topological polar surface area (TPSA) is 34.1 Å². The standard InChI is InChI=1S/FH.K.Nb.2O.H/h1H;;;;;/q;;+1;;;/p-1. The van der Waals surface area contributed by atoms with E-state index in [0.29, 0.717) is 0 Å². The van der Waals surface area contributed by atoms with E-state index in [1.165, 1.54) is 0 Å². The number of rotatable bonds is 0. The molecule has 5 heteroatoms. The molecule has 0 aliphatic rings. The summed E-state index contributed by atoms with van der Waals surface area (Å²) in [5.41, 5.74) is 0. The molecule has 0 unspecified atom stereocenters. The summed E-state index contributed by atoms with van der Waals surface area (Å²) < 4.78 is 27.0. The van der Waals surface area contributed by atoms with E-state index in [1.54, 1.807) is 0 Å². The molecule has 0 fully saturated rings. The first-order valence-electron chi connectivity index (χ1n) is 0.534. The van der Waals surface area contributed by atoms with Crippen LogP contribution in [-0.2, 0) is 25.4 Å². The van der Waals surface area contributed by atoms with Crippen LogP contribution in [0.2, 0.25) is 0 Å². The second-order valence-electron chi connectivity index (χ2n) is 0.213. The summed E-state index contributed by atoms with van der Waals surface area (Å²) >= 11 is -4.45. The Hall–Kier alpha value is 1.91. The third kappa shape index (κ3) is 24.8. The quantitative estimate of drug-likeness (QED) is 0.477. The fourth-order valence-corrected chi connectivity index (χ4v) is 0. The molecule has 0 aromatic carbocycles. The van der Waals surface area contributed by atoms with Crippen molar-refractivity contribution < 1.29 is 28.5 Å². The first-order chi connectivity index (χ1) is 1.73. The molecule has 0 aliphatic heterocycles. The van der Waals surface area contributed by atoms with Gasteiger partial charge in [0.1, 0.15) is 0 Å². The Bertz CT molecular complexity index is 58.0. The summed E-state index contributed by atoms with van der Waals surface area (Å²) in [5.74, 6) is 0. The zero-order valence-corrected chi connectivity index (χ0v) is 3.84. The van der Waals surface area contributed by atoms with E-state index in [1.807, 2.05) is 0 Å². The van der Waals surface area contributed by atoms with Crippen molar-refractivity contribution in [1.82, 2.24) is 0 Å². The number of hydrogen-bond acceptors (Lipinski definition) is 2. The summed E-state index contributed by atoms with van der Waals surface area (Å²) in [5, 5.41) is 0. The Balaban J connectivity index is 0. The van der Waals surface area contributed by atoms with Gasteiger partial charge in [-0.2, -0.15) is 0 Å². The van der Waals surface area contributed by atoms with Crippen LogP contribution in [0.25, 0.3) is 0 Å². The molecule has 0 aromatic rings. The second-order valence-corrected chi connectivity index (χ2v) is 1.26. The van der Waals surface area contributed by atoms with Crippen LogP contribution in [0, 0.1) is 0 Å². The van der Waals surface area contributed by atoms with E-state index in [2.05, 4.69) is 0 Å². The molecule has 5 heavy (non-hydrogen) atoms. The molecule has 0 N–H and O–H groups in total. The van der Waals surface area contributed by atoms with Crippen molar-refractivity contribution in [1.29, 1.82) is 0 Å². The van der Waals surface area contributed by atoms with Crippen molar-refractivity contribution in [3.05, 3.63) is 0 Å². The van der Waals surface area contributed by atoms with Crippen molar-refractivity contribution in [2.75, 3.05) is 0 Å². The normalized spacial score (nSPS) is 5.00. The second kappa shape index (κ2) is 5.91. The molecule has 0 saturated heterocycles. The average Bonchev–Trinajstić information content (AvgIpc) is 0.811. The third-order valence-electron chi connectivity index (χ3n) is 0. The molecule has 0 atom stereocenters. The van der Waals surface area contributed by atoms with Gasteiger partial charge in [-0.05, 0) is 0 Å². The van der Waals surface area contributed by atoms with E-state index >= 15 is 0 Å². The van der Waals surface area contributed by atoms with Crippen LogP contribution in [0.4, 0.5) is 3.02 Å².